The summed E-state index contributed by atoms with van der Waals surface area (Å²) in [5, 5.41) is 4.89. The number of hydrogen-bond donors (Lipinski definition) is 0. The smallest absolute Gasteiger partial charge is 0.0548 e. The average Bonchev–Trinajstić information content (AvgIpc) is 4.06. The van der Waals surface area contributed by atoms with Crippen LogP contribution in [0.5, 0.6) is 0 Å². The molecule has 346 valence electrons. The minimum absolute atomic E-state index is 1.11. The maximum atomic E-state index is 2.56. The third kappa shape index (κ3) is 7.03. The Morgan fingerprint density at radius 3 is 0.878 bits per heavy atom. The van der Waals surface area contributed by atoms with Crippen LogP contribution < -0.4 is 0 Å². The molecule has 74 heavy (non-hydrogen) atoms. The lowest BCUT2D eigenvalue weighted by molar-refractivity contribution is 1.16. The second kappa shape index (κ2) is 18.1. The van der Waals surface area contributed by atoms with Gasteiger partial charge in [0.1, 0.15) is 0 Å². The summed E-state index contributed by atoms with van der Waals surface area (Å²) in [6, 6.07) is 107. The molecule has 14 aromatic rings. The van der Waals surface area contributed by atoms with Crippen LogP contribution in [0.15, 0.2) is 291 Å². The Morgan fingerprint density at radius 1 is 0.176 bits per heavy atom. The topological polar surface area (TPSA) is 9.86 Å². The van der Waals surface area contributed by atoms with Crippen molar-refractivity contribution < 1.29 is 0 Å². The Morgan fingerprint density at radius 2 is 0.473 bits per heavy atom. The molecule has 0 amide bonds. The van der Waals surface area contributed by atoms with Crippen LogP contribution in [0.1, 0.15) is 0 Å². The van der Waals surface area contributed by atoms with Gasteiger partial charge in [-0.1, -0.05) is 255 Å². The first-order valence-corrected chi connectivity index (χ1v) is 25.5. The van der Waals surface area contributed by atoms with E-state index >= 15 is 0 Å². The molecule has 0 saturated heterocycles. The van der Waals surface area contributed by atoms with Gasteiger partial charge in [-0.3, -0.25) is 0 Å². The van der Waals surface area contributed by atoms with Crippen molar-refractivity contribution in [1.29, 1.82) is 0 Å². The van der Waals surface area contributed by atoms with Crippen LogP contribution in [0.2, 0.25) is 0 Å². The summed E-state index contributed by atoms with van der Waals surface area (Å²) in [5.74, 6) is 0. The summed E-state index contributed by atoms with van der Waals surface area (Å²) in [4.78, 5) is 0. The molecule has 0 spiro atoms. The van der Waals surface area contributed by atoms with Gasteiger partial charge in [-0.2, -0.15) is 0 Å². The highest BCUT2D eigenvalue weighted by Crippen LogP contribution is 2.52. The molecule has 0 saturated carbocycles. The third-order valence-corrected chi connectivity index (χ3v) is 15.0. The summed E-state index contributed by atoms with van der Waals surface area (Å²) in [6.45, 7) is 0. The predicted molar refractivity (Wildman–Crippen MR) is 313 cm³/mol. The molecule has 0 fully saturated rings. The zero-order chi connectivity index (χ0) is 49.0. The summed E-state index contributed by atoms with van der Waals surface area (Å²) >= 11 is 0. The molecule has 0 aliphatic rings. The van der Waals surface area contributed by atoms with Crippen molar-refractivity contribution in [1.82, 2.24) is 9.13 Å². The van der Waals surface area contributed by atoms with Crippen molar-refractivity contribution in [3.8, 4) is 89.3 Å². The number of rotatable bonds is 9. The van der Waals surface area contributed by atoms with Gasteiger partial charge in [-0.15, -0.1) is 0 Å². The van der Waals surface area contributed by atoms with Crippen LogP contribution in [-0.2, 0) is 0 Å². The van der Waals surface area contributed by atoms with E-state index in [0.29, 0.717) is 0 Å². The van der Waals surface area contributed by atoms with Crippen molar-refractivity contribution >= 4 is 43.6 Å². The van der Waals surface area contributed by atoms with Gasteiger partial charge in [0, 0.05) is 32.7 Å². The number of nitrogens with zero attached hydrogens (tertiary/aromatic N) is 2. The van der Waals surface area contributed by atoms with Gasteiger partial charge in [0.05, 0.1) is 33.4 Å². The molecule has 0 unspecified atom stereocenters. The first-order chi connectivity index (χ1) is 36.8. The van der Waals surface area contributed by atoms with Gasteiger partial charge in [-0.25, -0.2) is 0 Å². The largest absolute Gasteiger partial charge is 0.309 e. The maximum absolute atomic E-state index is 2.56. The fourth-order valence-electron chi connectivity index (χ4n) is 11.9. The Bertz CT molecular complexity index is 4150. The van der Waals surface area contributed by atoms with Gasteiger partial charge < -0.3 is 9.13 Å². The summed E-state index contributed by atoms with van der Waals surface area (Å²) in [6.07, 6.45) is 0. The van der Waals surface area contributed by atoms with Crippen LogP contribution in [0.3, 0.4) is 0 Å². The standard InChI is InChI=1S/C72H48N2/c1-5-25-49(26-6-1)53-33-13-15-35-55(53)61-45-47-67-71(69(61)51-29-9-3-10-30-51)72-68(48-46-62(70(72)52-31-11-4-12-32-52)56-36-16-14-34-54(56)50-27-7-2-8-28-50)74(67)66-44-24-20-40-60(66)59-39-19-23-43-65(59)73-63-41-21-17-37-57(63)58-38-18-22-42-64(58)73/h1-48H. The van der Waals surface area contributed by atoms with E-state index in [0.717, 1.165) is 44.7 Å². The van der Waals surface area contributed by atoms with E-state index < -0.39 is 0 Å². The molecule has 14 rings (SSSR count). The Balaban J connectivity index is 1.15. The molecule has 0 radical (unpaired) electrons. The SMILES string of the molecule is c1ccc(-c2ccccc2-c2ccc3c(c2-c2ccccc2)c2c(-c4ccccc4)c(-c4ccccc4-c4ccccc4)ccc2n3-c2ccccc2-c2ccccc2-n2c3ccccc3c3ccccc32)cc1. The number of hydrogen-bond acceptors (Lipinski definition) is 0. The lowest BCUT2D eigenvalue weighted by Crippen LogP contribution is -2.01. The molecular formula is C72H48N2. The molecule has 0 aliphatic carbocycles. The average molecular weight is 941 g/mol. The lowest BCUT2D eigenvalue weighted by Gasteiger charge is -2.19. The van der Waals surface area contributed by atoms with Crippen LogP contribution in [-0.4, -0.2) is 9.13 Å². The van der Waals surface area contributed by atoms with Gasteiger partial charge in [0.25, 0.3) is 0 Å². The van der Waals surface area contributed by atoms with Crippen LogP contribution in [0.4, 0.5) is 0 Å². The maximum Gasteiger partial charge on any atom is 0.0548 e. The molecule has 0 aliphatic heterocycles. The Kier molecular flexibility index (Phi) is 10.6. The molecule has 0 atom stereocenters. The quantitative estimate of drug-likeness (QED) is 0.136. The Labute approximate surface area is 431 Å². The number of benzene rings is 12. The molecule has 2 aromatic heterocycles. The molecule has 0 bridgehead atoms. The number of para-hydroxylation sites is 4. The van der Waals surface area contributed by atoms with Gasteiger partial charge in [0.2, 0.25) is 0 Å². The minimum Gasteiger partial charge on any atom is -0.309 e. The highest BCUT2D eigenvalue weighted by molar-refractivity contribution is 6.25. The Hall–Kier alpha value is -9.76. The second-order valence-corrected chi connectivity index (χ2v) is 19.1. The zero-order valence-corrected chi connectivity index (χ0v) is 40.6. The molecule has 2 heterocycles. The van der Waals surface area contributed by atoms with E-state index in [1.807, 2.05) is 0 Å². The van der Waals surface area contributed by atoms with E-state index in [9.17, 15) is 0 Å². The van der Waals surface area contributed by atoms with Crippen molar-refractivity contribution in [3.05, 3.63) is 291 Å². The third-order valence-electron chi connectivity index (χ3n) is 15.0. The number of fused-ring (bicyclic) bond motifs is 6. The molecule has 2 nitrogen and oxygen atoms in total. The summed E-state index contributed by atoms with van der Waals surface area (Å²) in [7, 11) is 0. The minimum atomic E-state index is 1.11. The van der Waals surface area contributed by atoms with Gasteiger partial charge in [-0.05, 0) is 103 Å². The zero-order valence-electron chi connectivity index (χ0n) is 40.6. The first kappa shape index (κ1) is 43.1. The van der Waals surface area contributed by atoms with Crippen molar-refractivity contribution in [3.63, 3.8) is 0 Å². The highest BCUT2D eigenvalue weighted by Gasteiger charge is 2.27. The fourth-order valence-corrected chi connectivity index (χ4v) is 11.9. The predicted octanol–water partition coefficient (Wildman–Crippen LogP) is 19.5. The van der Waals surface area contributed by atoms with E-state index in [1.54, 1.807) is 0 Å². The normalized spacial score (nSPS) is 11.5. The van der Waals surface area contributed by atoms with Crippen LogP contribution in [0.25, 0.3) is 133 Å². The van der Waals surface area contributed by atoms with Gasteiger partial charge >= 0.3 is 0 Å². The monoisotopic (exact) mass is 940 g/mol. The number of aromatic nitrogens is 2. The molecule has 2 heteroatoms. The second-order valence-electron chi connectivity index (χ2n) is 19.1. The van der Waals surface area contributed by atoms with E-state index in [2.05, 4.69) is 300 Å². The van der Waals surface area contributed by atoms with Crippen molar-refractivity contribution in [2.45, 2.75) is 0 Å². The summed E-state index contributed by atoms with van der Waals surface area (Å²) in [5.41, 5.74) is 23.4. The van der Waals surface area contributed by atoms with Gasteiger partial charge in [0.15, 0.2) is 0 Å². The molecule has 12 aromatic carbocycles. The molecular weight excluding hydrogens is 893 g/mol. The first-order valence-electron chi connectivity index (χ1n) is 25.5. The summed E-state index contributed by atoms with van der Waals surface area (Å²) < 4.78 is 5.01. The highest BCUT2D eigenvalue weighted by atomic mass is 15.0. The van der Waals surface area contributed by atoms with Crippen LogP contribution >= 0.6 is 0 Å². The molecule has 0 N–H and O–H groups in total. The lowest BCUT2D eigenvalue weighted by atomic mass is 9.84. The van der Waals surface area contributed by atoms with Crippen molar-refractivity contribution in [2.75, 3.05) is 0 Å². The van der Waals surface area contributed by atoms with Crippen LogP contribution in [0, 0.1) is 0 Å². The van der Waals surface area contributed by atoms with Crippen molar-refractivity contribution in [2.24, 2.45) is 0 Å². The fraction of sp³-hybridized carbons (Fsp3) is 0. The van der Waals surface area contributed by atoms with E-state index in [-0.39, 0.29) is 0 Å². The van der Waals surface area contributed by atoms with E-state index in [4.69, 9.17) is 0 Å². The van der Waals surface area contributed by atoms with E-state index in [1.165, 1.54) is 88.2 Å².